The van der Waals surface area contributed by atoms with E-state index in [4.69, 9.17) is 4.74 Å². The van der Waals surface area contributed by atoms with Crippen molar-refractivity contribution in [2.75, 3.05) is 0 Å². The van der Waals surface area contributed by atoms with Gasteiger partial charge in [0.15, 0.2) is 0 Å². The van der Waals surface area contributed by atoms with Crippen molar-refractivity contribution >= 4 is 6.09 Å². The van der Waals surface area contributed by atoms with Gasteiger partial charge in [-0.2, -0.15) is 0 Å². The standard InChI is InChI=1S/C18H25NO2/c1-5-6-11-16-12-14-9-7-8-10-15(14)13-19(16)17(20)21-18(2,3)4/h6-11,16H,5,12-13H2,1-4H3. The molecule has 1 aliphatic heterocycles. The molecule has 3 nitrogen and oxygen atoms in total. The van der Waals surface area contributed by atoms with Crippen molar-refractivity contribution in [1.82, 2.24) is 4.90 Å². The summed E-state index contributed by atoms with van der Waals surface area (Å²) in [5.41, 5.74) is 2.07. The minimum Gasteiger partial charge on any atom is -0.444 e. The molecule has 114 valence electrons. The van der Waals surface area contributed by atoms with Crippen LogP contribution in [0.2, 0.25) is 0 Å². The van der Waals surface area contributed by atoms with Crippen molar-refractivity contribution in [3.63, 3.8) is 0 Å². The summed E-state index contributed by atoms with van der Waals surface area (Å²) in [5.74, 6) is 0. The quantitative estimate of drug-likeness (QED) is 0.758. The van der Waals surface area contributed by atoms with Crippen LogP contribution in [0, 0.1) is 0 Å². The van der Waals surface area contributed by atoms with Crippen molar-refractivity contribution in [1.29, 1.82) is 0 Å². The highest BCUT2D eigenvalue weighted by atomic mass is 16.6. The number of carbonyl (C=O) groups excluding carboxylic acids is 1. The highest BCUT2D eigenvalue weighted by Crippen LogP contribution is 2.26. The summed E-state index contributed by atoms with van der Waals surface area (Å²) in [5, 5.41) is 0. The number of fused-ring (bicyclic) bond motifs is 1. The van der Waals surface area contributed by atoms with E-state index in [2.05, 4.69) is 37.3 Å². The van der Waals surface area contributed by atoms with Gasteiger partial charge in [0, 0.05) is 6.54 Å². The molecule has 1 aromatic carbocycles. The number of hydrogen-bond acceptors (Lipinski definition) is 2. The first-order valence-corrected chi connectivity index (χ1v) is 7.64. The smallest absolute Gasteiger partial charge is 0.411 e. The van der Waals surface area contributed by atoms with E-state index in [9.17, 15) is 4.79 Å². The largest absolute Gasteiger partial charge is 0.444 e. The van der Waals surface area contributed by atoms with Crippen LogP contribution in [0.5, 0.6) is 0 Å². The molecule has 3 heteroatoms. The molecule has 1 atom stereocenters. The van der Waals surface area contributed by atoms with Gasteiger partial charge in [-0.05, 0) is 44.7 Å². The molecule has 21 heavy (non-hydrogen) atoms. The molecule has 0 N–H and O–H groups in total. The lowest BCUT2D eigenvalue weighted by Crippen LogP contribution is -2.45. The Bertz CT molecular complexity index is 528. The van der Waals surface area contributed by atoms with Gasteiger partial charge in [0.1, 0.15) is 5.60 Å². The molecule has 0 spiro atoms. The second-order valence-corrected chi connectivity index (χ2v) is 6.48. The lowest BCUT2D eigenvalue weighted by molar-refractivity contribution is 0.0164. The highest BCUT2D eigenvalue weighted by molar-refractivity contribution is 5.69. The number of ether oxygens (including phenoxy) is 1. The van der Waals surface area contributed by atoms with Crippen LogP contribution < -0.4 is 0 Å². The molecular weight excluding hydrogens is 262 g/mol. The first kappa shape index (κ1) is 15.6. The van der Waals surface area contributed by atoms with Gasteiger partial charge in [0.05, 0.1) is 6.04 Å². The fourth-order valence-corrected chi connectivity index (χ4v) is 2.53. The molecule has 0 saturated heterocycles. The predicted molar refractivity (Wildman–Crippen MR) is 85.1 cm³/mol. The molecular formula is C18H25NO2. The molecule has 1 aliphatic rings. The van der Waals surface area contributed by atoms with Gasteiger partial charge in [0.25, 0.3) is 0 Å². The second kappa shape index (κ2) is 6.33. The first-order chi connectivity index (χ1) is 9.90. The Morgan fingerprint density at radius 3 is 2.62 bits per heavy atom. The molecule has 0 aliphatic carbocycles. The maximum Gasteiger partial charge on any atom is 0.411 e. The fraction of sp³-hybridized carbons (Fsp3) is 0.500. The number of hydrogen-bond donors (Lipinski definition) is 0. The Hall–Kier alpha value is -1.77. The van der Waals surface area contributed by atoms with Gasteiger partial charge in [-0.3, -0.25) is 4.90 Å². The van der Waals surface area contributed by atoms with Crippen molar-refractivity contribution in [3.05, 3.63) is 47.5 Å². The number of amides is 1. The zero-order valence-electron chi connectivity index (χ0n) is 13.4. The molecule has 0 fully saturated rings. The molecule has 1 heterocycles. The number of allylic oxidation sites excluding steroid dienone is 1. The number of carbonyl (C=O) groups is 1. The summed E-state index contributed by atoms with van der Waals surface area (Å²) < 4.78 is 5.56. The molecule has 1 amide bonds. The fourth-order valence-electron chi connectivity index (χ4n) is 2.53. The third kappa shape index (κ3) is 4.10. The summed E-state index contributed by atoms with van der Waals surface area (Å²) in [6, 6.07) is 8.40. The molecule has 0 aromatic heterocycles. The third-order valence-electron chi connectivity index (χ3n) is 3.51. The Balaban J connectivity index is 2.24. The van der Waals surface area contributed by atoms with Gasteiger partial charge in [-0.15, -0.1) is 0 Å². The Labute approximate surface area is 127 Å². The van der Waals surface area contributed by atoms with Crippen LogP contribution in [-0.4, -0.2) is 22.6 Å². The van der Waals surface area contributed by atoms with Gasteiger partial charge in [0.2, 0.25) is 0 Å². The molecule has 1 unspecified atom stereocenters. The van der Waals surface area contributed by atoms with Crippen molar-refractivity contribution in [3.8, 4) is 0 Å². The first-order valence-electron chi connectivity index (χ1n) is 7.64. The van der Waals surface area contributed by atoms with E-state index in [0.29, 0.717) is 6.54 Å². The predicted octanol–water partition coefficient (Wildman–Crippen LogP) is 4.31. The Morgan fingerprint density at radius 2 is 2.00 bits per heavy atom. The van der Waals surface area contributed by atoms with E-state index in [1.807, 2.05) is 31.7 Å². The maximum atomic E-state index is 12.5. The summed E-state index contributed by atoms with van der Waals surface area (Å²) in [6.07, 6.45) is 5.84. The number of nitrogens with zero attached hydrogens (tertiary/aromatic N) is 1. The van der Waals surface area contributed by atoms with Crippen LogP contribution in [0.15, 0.2) is 36.4 Å². The van der Waals surface area contributed by atoms with Gasteiger partial charge < -0.3 is 4.74 Å². The minimum absolute atomic E-state index is 0.0784. The third-order valence-corrected chi connectivity index (χ3v) is 3.51. The summed E-state index contributed by atoms with van der Waals surface area (Å²) in [4.78, 5) is 14.3. The average molecular weight is 287 g/mol. The van der Waals surface area contributed by atoms with Crippen molar-refractivity contribution in [2.45, 2.75) is 58.7 Å². The van der Waals surface area contributed by atoms with Crippen molar-refractivity contribution < 1.29 is 9.53 Å². The summed E-state index contributed by atoms with van der Waals surface area (Å²) in [6.45, 7) is 8.42. The Kier molecular flexibility index (Phi) is 4.71. The van der Waals surface area contributed by atoms with Crippen LogP contribution in [0.1, 0.15) is 45.2 Å². The van der Waals surface area contributed by atoms with Crippen molar-refractivity contribution in [2.24, 2.45) is 0 Å². The zero-order chi connectivity index (χ0) is 15.5. The van der Waals surface area contributed by atoms with E-state index < -0.39 is 5.60 Å². The molecule has 0 radical (unpaired) electrons. The SMILES string of the molecule is CCC=CC1Cc2ccccc2CN1C(=O)OC(C)(C)C. The highest BCUT2D eigenvalue weighted by Gasteiger charge is 2.31. The van der Waals surface area contributed by atoms with E-state index in [1.165, 1.54) is 11.1 Å². The molecule has 0 saturated carbocycles. The van der Waals surface area contributed by atoms with Crippen LogP contribution in [0.25, 0.3) is 0 Å². The summed E-state index contributed by atoms with van der Waals surface area (Å²) >= 11 is 0. The van der Waals surface area contributed by atoms with Crippen LogP contribution >= 0.6 is 0 Å². The van der Waals surface area contributed by atoms with E-state index in [-0.39, 0.29) is 12.1 Å². The van der Waals surface area contributed by atoms with E-state index in [1.54, 1.807) is 0 Å². The number of rotatable bonds is 2. The van der Waals surface area contributed by atoms with Crippen LogP contribution in [0.4, 0.5) is 4.79 Å². The van der Waals surface area contributed by atoms with Gasteiger partial charge in [-0.25, -0.2) is 4.79 Å². The minimum atomic E-state index is -0.465. The second-order valence-electron chi connectivity index (χ2n) is 6.48. The average Bonchev–Trinajstić information content (AvgIpc) is 2.42. The normalized spacial score (nSPS) is 18.7. The zero-order valence-corrected chi connectivity index (χ0v) is 13.4. The molecule has 1 aromatic rings. The van der Waals surface area contributed by atoms with Gasteiger partial charge >= 0.3 is 6.09 Å². The van der Waals surface area contributed by atoms with Crippen LogP contribution in [-0.2, 0) is 17.7 Å². The van der Waals surface area contributed by atoms with E-state index >= 15 is 0 Å². The number of benzene rings is 1. The topological polar surface area (TPSA) is 29.5 Å². The Morgan fingerprint density at radius 1 is 1.33 bits per heavy atom. The molecule has 2 rings (SSSR count). The van der Waals surface area contributed by atoms with Crippen LogP contribution in [0.3, 0.4) is 0 Å². The summed E-state index contributed by atoms with van der Waals surface area (Å²) in [7, 11) is 0. The van der Waals surface area contributed by atoms with Gasteiger partial charge in [-0.1, -0.05) is 43.3 Å². The molecule has 0 bridgehead atoms. The monoisotopic (exact) mass is 287 g/mol. The van der Waals surface area contributed by atoms with E-state index in [0.717, 1.165) is 12.8 Å². The lowest BCUT2D eigenvalue weighted by atomic mass is 9.94. The maximum absolute atomic E-state index is 12.5. The lowest BCUT2D eigenvalue weighted by Gasteiger charge is -2.36.